The van der Waals surface area contributed by atoms with Gasteiger partial charge >= 0.3 is 0 Å². The van der Waals surface area contributed by atoms with E-state index in [-0.39, 0.29) is 4.90 Å². The lowest BCUT2D eigenvalue weighted by atomic mass is 10.0. The monoisotopic (exact) mass is 527 g/mol. The SMILES string of the molecule is CCCCCCCCCCCCc1ccccc1S(=O)(=O)[O-].CCCCCCCC[N+](C)(C)CCO. The number of aliphatic hydroxyl groups is 1. The third kappa shape index (κ3) is 20.1. The topological polar surface area (TPSA) is 77.4 Å². The fraction of sp³-hybridized carbons (Fsp3) is 0.800. The minimum Gasteiger partial charge on any atom is -0.744 e. The van der Waals surface area contributed by atoms with E-state index in [9.17, 15) is 13.0 Å². The summed E-state index contributed by atoms with van der Waals surface area (Å²) in [6, 6.07) is 6.56. The Kier molecular flexibility index (Phi) is 21.5. The van der Waals surface area contributed by atoms with Crippen molar-refractivity contribution in [2.45, 2.75) is 128 Å². The number of aliphatic hydroxyl groups excluding tert-OH is 1. The molecule has 1 N–H and O–H groups in total. The molecule has 1 aromatic carbocycles. The van der Waals surface area contributed by atoms with Crippen molar-refractivity contribution < 1.29 is 22.6 Å². The highest BCUT2D eigenvalue weighted by atomic mass is 32.2. The Morgan fingerprint density at radius 2 is 1.14 bits per heavy atom. The van der Waals surface area contributed by atoms with Gasteiger partial charge in [0.2, 0.25) is 0 Å². The first-order valence-corrected chi connectivity index (χ1v) is 16.1. The van der Waals surface area contributed by atoms with Gasteiger partial charge in [0, 0.05) is 0 Å². The molecule has 0 bridgehead atoms. The Bertz CT molecular complexity index is 734. The quantitative estimate of drug-likeness (QED) is 0.102. The number of nitrogens with zero attached hydrogens (tertiary/aromatic N) is 1. The first-order chi connectivity index (χ1) is 17.2. The fourth-order valence-corrected chi connectivity index (χ4v) is 5.20. The van der Waals surface area contributed by atoms with Crippen molar-refractivity contribution in [1.29, 1.82) is 0 Å². The zero-order valence-electron chi connectivity index (χ0n) is 24.0. The molecule has 212 valence electrons. The van der Waals surface area contributed by atoms with Crippen LogP contribution in [0, 0.1) is 0 Å². The summed E-state index contributed by atoms with van der Waals surface area (Å²) in [6.45, 7) is 6.88. The van der Waals surface area contributed by atoms with Gasteiger partial charge in [0.05, 0.1) is 32.1 Å². The molecule has 0 spiro atoms. The molecule has 0 heterocycles. The molecule has 0 aliphatic rings. The van der Waals surface area contributed by atoms with E-state index in [0.29, 0.717) is 18.6 Å². The molecule has 0 aliphatic carbocycles. The van der Waals surface area contributed by atoms with Crippen LogP contribution in [0.15, 0.2) is 29.2 Å². The maximum Gasteiger partial charge on any atom is 0.124 e. The maximum atomic E-state index is 11.2. The number of unbranched alkanes of at least 4 members (excludes halogenated alkanes) is 14. The van der Waals surface area contributed by atoms with E-state index >= 15 is 0 Å². The third-order valence-electron chi connectivity index (χ3n) is 6.86. The van der Waals surface area contributed by atoms with Crippen LogP contribution in [0.3, 0.4) is 0 Å². The number of aryl methyl sites for hydroxylation is 1. The van der Waals surface area contributed by atoms with Crippen LogP contribution >= 0.6 is 0 Å². The summed E-state index contributed by atoms with van der Waals surface area (Å²) < 4.78 is 34.5. The maximum absolute atomic E-state index is 11.2. The zero-order valence-corrected chi connectivity index (χ0v) is 24.8. The van der Waals surface area contributed by atoms with E-state index in [4.69, 9.17) is 5.11 Å². The summed E-state index contributed by atoms with van der Waals surface area (Å²) in [5.41, 5.74) is 0.664. The molecule has 0 amide bonds. The Hall–Kier alpha value is -0.950. The lowest BCUT2D eigenvalue weighted by Gasteiger charge is -2.28. The first kappa shape index (κ1) is 35.0. The Labute approximate surface area is 224 Å². The van der Waals surface area contributed by atoms with Gasteiger partial charge in [-0.2, -0.15) is 0 Å². The van der Waals surface area contributed by atoms with Gasteiger partial charge in [-0.25, -0.2) is 8.42 Å². The molecule has 0 atom stereocenters. The second-order valence-electron chi connectivity index (χ2n) is 10.9. The molecule has 0 saturated heterocycles. The standard InChI is InChI=1S/C18H30O3S.C12H28NO/c1-2-3-4-5-6-7-8-9-10-11-14-17-15-12-13-16-18(17)22(19,20)21;1-4-5-6-7-8-9-10-13(2,3)11-12-14/h12-13,15-16H,2-11,14H2,1H3,(H,19,20,21);14H,4-12H2,1-3H3/q;+1/p-1. The molecule has 1 aromatic rings. The van der Waals surface area contributed by atoms with E-state index < -0.39 is 10.1 Å². The smallest absolute Gasteiger partial charge is 0.124 e. The van der Waals surface area contributed by atoms with Crippen LogP contribution < -0.4 is 0 Å². The molecule has 36 heavy (non-hydrogen) atoms. The van der Waals surface area contributed by atoms with Crippen molar-refractivity contribution >= 4 is 10.1 Å². The van der Waals surface area contributed by atoms with Gasteiger partial charge in [0.25, 0.3) is 0 Å². The molecule has 0 aromatic heterocycles. The van der Waals surface area contributed by atoms with Gasteiger partial charge in [0.15, 0.2) is 0 Å². The molecule has 0 radical (unpaired) electrons. The molecule has 5 nitrogen and oxygen atoms in total. The van der Waals surface area contributed by atoms with Crippen molar-refractivity contribution in [2.75, 3.05) is 33.8 Å². The Morgan fingerprint density at radius 3 is 1.61 bits per heavy atom. The lowest BCUT2D eigenvalue weighted by molar-refractivity contribution is -0.890. The van der Waals surface area contributed by atoms with Crippen LogP contribution in [-0.2, 0) is 16.5 Å². The molecule has 0 aliphatic heterocycles. The summed E-state index contributed by atoms with van der Waals surface area (Å²) in [6.07, 6.45) is 21.3. The molecular weight excluding hydrogens is 470 g/mol. The lowest BCUT2D eigenvalue weighted by Crippen LogP contribution is -2.42. The average molecular weight is 528 g/mol. The fourth-order valence-electron chi connectivity index (χ4n) is 4.46. The summed E-state index contributed by atoms with van der Waals surface area (Å²) in [4.78, 5) is -0.0501. The molecule has 1 rings (SSSR count). The first-order valence-electron chi connectivity index (χ1n) is 14.6. The van der Waals surface area contributed by atoms with Crippen LogP contribution in [0.4, 0.5) is 0 Å². The molecule has 6 heteroatoms. The highest BCUT2D eigenvalue weighted by Crippen LogP contribution is 2.18. The van der Waals surface area contributed by atoms with Crippen molar-refractivity contribution in [3.63, 3.8) is 0 Å². The number of hydrogen-bond acceptors (Lipinski definition) is 4. The van der Waals surface area contributed by atoms with Crippen molar-refractivity contribution in [3.8, 4) is 0 Å². The summed E-state index contributed by atoms with van der Waals surface area (Å²) >= 11 is 0. The number of likely N-dealkylation sites (N-methyl/N-ethyl adjacent to an activating group) is 1. The zero-order chi connectivity index (χ0) is 27.1. The van der Waals surface area contributed by atoms with Gasteiger partial charge in [-0.1, -0.05) is 116 Å². The summed E-state index contributed by atoms with van der Waals surface area (Å²) in [5, 5.41) is 8.86. The largest absolute Gasteiger partial charge is 0.744 e. The number of hydrogen-bond donors (Lipinski definition) is 1. The summed E-state index contributed by atoms with van der Waals surface area (Å²) in [7, 11) is 0.0474. The minimum absolute atomic E-state index is 0.0501. The second kappa shape index (κ2) is 22.1. The van der Waals surface area contributed by atoms with E-state index in [0.717, 1.165) is 23.9 Å². The Balaban J connectivity index is 0.000000757. The predicted molar refractivity (Wildman–Crippen MR) is 152 cm³/mol. The van der Waals surface area contributed by atoms with E-state index in [1.807, 2.05) is 0 Å². The van der Waals surface area contributed by atoms with E-state index in [1.54, 1.807) is 18.2 Å². The van der Waals surface area contributed by atoms with Gasteiger partial charge in [-0.3, -0.25) is 0 Å². The van der Waals surface area contributed by atoms with Crippen molar-refractivity contribution in [2.24, 2.45) is 0 Å². The third-order valence-corrected chi connectivity index (χ3v) is 7.80. The van der Waals surface area contributed by atoms with Crippen LogP contribution in [0.1, 0.15) is 122 Å². The number of rotatable bonds is 21. The van der Waals surface area contributed by atoms with Gasteiger partial charge < -0.3 is 14.1 Å². The highest BCUT2D eigenvalue weighted by molar-refractivity contribution is 7.85. The van der Waals surface area contributed by atoms with E-state index in [2.05, 4.69) is 27.9 Å². The van der Waals surface area contributed by atoms with Crippen LogP contribution in [-0.4, -0.2) is 56.4 Å². The average Bonchev–Trinajstić information content (AvgIpc) is 2.82. The molecule has 0 fully saturated rings. The Morgan fingerprint density at radius 1 is 0.694 bits per heavy atom. The van der Waals surface area contributed by atoms with Gasteiger partial charge in [-0.15, -0.1) is 0 Å². The van der Waals surface area contributed by atoms with Gasteiger partial charge in [-0.05, 0) is 37.3 Å². The minimum atomic E-state index is -4.35. The second-order valence-corrected chi connectivity index (χ2v) is 12.2. The van der Waals surface area contributed by atoms with Crippen LogP contribution in [0.25, 0.3) is 0 Å². The summed E-state index contributed by atoms with van der Waals surface area (Å²) in [5.74, 6) is 0. The normalized spacial score (nSPS) is 11.8. The predicted octanol–water partition coefficient (Wildman–Crippen LogP) is 7.47. The highest BCUT2D eigenvalue weighted by Gasteiger charge is 2.12. The molecular formula is C30H57NO4S. The van der Waals surface area contributed by atoms with Crippen molar-refractivity contribution in [1.82, 2.24) is 0 Å². The van der Waals surface area contributed by atoms with Gasteiger partial charge in [0.1, 0.15) is 16.7 Å². The number of benzene rings is 1. The molecule has 0 saturated carbocycles. The van der Waals surface area contributed by atoms with E-state index in [1.165, 1.54) is 103 Å². The number of quaternary nitrogens is 1. The molecule has 0 unspecified atom stereocenters. The van der Waals surface area contributed by atoms with Crippen LogP contribution in [0.2, 0.25) is 0 Å². The van der Waals surface area contributed by atoms with Crippen LogP contribution in [0.5, 0.6) is 0 Å². The van der Waals surface area contributed by atoms with Crippen molar-refractivity contribution in [3.05, 3.63) is 29.8 Å².